The molecule has 1 aromatic carbocycles. The van der Waals surface area contributed by atoms with Gasteiger partial charge in [-0.05, 0) is 24.6 Å². The number of carbonyl (C=O) groups excluding carboxylic acids is 2. The van der Waals surface area contributed by atoms with Gasteiger partial charge in [-0.2, -0.15) is 0 Å². The summed E-state index contributed by atoms with van der Waals surface area (Å²) >= 11 is 0. The Labute approximate surface area is 104 Å². The summed E-state index contributed by atoms with van der Waals surface area (Å²) in [4.78, 5) is 23.0. The molecule has 18 heavy (non-hydrogen) atoms. The van der Waals surface area contributed by atoms with Gasteiger partial charge in [0.15, 0.2) is 0 Å². The maximum absolute atomic E-state index is 12.1. The van der Waals surface area contributed by atoms with Crippen molar-refractivity contribution in [3.8, 4) is 0 Å². The standard InChI is InChI=1S/C11H11NO5S/c1-7-3-4-8-9(5-7)18(15,16)12(11(8)14)6-10(13)17-2/h3-5H,6H2,1-2H3. The Balaban J connectivity index is 2.51. The van der Waals surface area contributed by atoms with Crippen LogP contribution in [0.3, 0.4) is 0 Å². The molecule has 0 radical (unpaired) electrons. The van der Waals surface area contributed by atoms with E-state index in [4.69, 9.17) is 0 Å². The van der Waals surface area contributed by atoms with Gasteiger partial charge in [0.2, 0.25) is 0 Å². The molecule has 1 amide bonds. The molecule has 0 saturated carbocycles. The fourth-order valence-corrected chi connectivity index (χ4v) is 3.32. The molecule has 6 nitrogen and oxygen atoms in total. The number of rotatable bonds is 2. The molecule has 1 aromatic rings. The van der Waals surface area contributed by atoms with Crippen molar-refractivity contribution >= 4 is 21.9 Å². The fraction of sp³-hybridized carbons (Fsp3) is 0.273. The summed E-state index contributed by atoms with van der Waals surface area (Å²) in [5.74, 6) is -1.48. The Morgan fingerprint density at radius 3 is 2.67 bits per heavy atom. The van der Waals surface area contributed by atoms with Gasteiger partial charge in [-0.3, -0.25) is 9.59 Å². The molecule has 0 aliphatic carbocycles. The van der Waals surface area contributed by atoms with Crippen molar-refractivity contribution < 1.29 is 22.7 Å². The van der Waals surface area contributed by atoms with Crippen LogP contribution < -0.4 is 0 Å². The first-order chi connectivity index (χ1) is 8.37. The predicted octanol–water partition coefficient (Wildman–Crippen LogP) is 0.313. The van der Waals surface area contributed by atoms with Crippen LogP contribution in [0.25, 0.3) is 0 Å². The highest BCUT2D eigenvalue weighted by Crippen LogP contribution is 2.30. The first-order valence-electron chi connectivity index (χ1n) is 5.12. The maximum atomic E-state index is 12.1. The lowest BCUT2D eigenvalue weighted by atomic mass is 10.1. The Morgan fingerprint density at radius 2 is 2.06 bits per heavy atom. The Morgan fingerprint density at radius 1 is 1.39 bits per heavy atom. The minimum absolute atomic E-state index is 0.0589. The highest BCUT2D eigenvalue weighted by Gasteiger charge is 2.42. The molecule has 0 bridgehead atoms. The first kappa shape index (κ1) is 12.6. The van der Waals surface area contributed by atoms with Crippen LogP contribution in [0.5, 0.6) is 0 Å². The van der Waals surface area contributed by atoms with Gasteiger partial charge in [0, 0.05) is 0 Å². The lowest BCUT2D eigenvalue weighted by molar-refractivity contribution is -0.140. The zero-order valence-corrected chi connectivity index (χ0v) is 10.7. The van der Waals surface area contributed by atoms with Crippen molar-refractivity contribution in [3.05, 3.63) is 29.3 Å². The third kappa shape index (κ3) is 1.76. The lowest BCUT2D eigenvalue weighted by Gasteiger charge is -2.12. The smallest absolute Gasteiger partial charge is 0.326 e. The van der Waals surface area contributed by atoms with Crippen molar-refractivity contribution in [1.29, 1.82) is 0 Å². The lowest BCUT2D eigenvalue weighted by Crippen LogP contribution is -2.35. The van der Waals surface area contributed by atoms with E-state index in [2.05, 4.69) is 4.74 Å². The fourth-order valence-electron chi connectivity index (χ4n) is 1.72. The quantitative estimate of drug-likeness (QED) is 0.722. The number of amides is 1. The molecule has 0 atom stereocenters. The third-order valence-electron chi connectivity index (χ3n) is 2.66. The number of carbonyl (C=O) groups is 2. The summed E-state index contributed by atoms with van der Waals surface area (Å²) < 4.78 is 29.1. The van der Waals surface area contributed by atoms with Crippen molar-refractivity contribution in [2.75, 3.05) is 13.7 Å². The van der Waals surface area contributed by atoms with Crippen molar-refractivity contribution in [2.45, 2.75) is 11.8 Å². The van der Waals surface area contributed by atoms with E-state index in [1.807, 2.05) is 0 Å². The van der Waals surface area contributed by atoms with Gasteiger partial charge < -0.3 is 4.74 Å². The number of ether oxygens (including phenoxy) is 1. The number of hydrogen-bond acceptors (Lipinski definition) is 5. The molecule has 96 valence electrons. The summed E-state index contributed by atoms with van der Waals surface area (Å²) in [6, 6.07) is 4.51. The molecular formula is C11H11NO5S. The molecule has 0 saturated heterocycles. The van der Waals surface area contributed by atoms with E-state index in [0.29, 0.717) is 4.31 Å². The molecule has 2 rings (SSSR count). The topological polar surface area (TPSA) is 80.8 Å². The molecular weight excluding hydrogens is 258 g/mol. The van der Waals surface area contributed by atoms with E-state index < -0.39 is 28.4 Å². The number of hydrogen-bond donors (Lipinski definition) is 0. The van der Waals surface area contributed by atoms with E-state index in [9.17, 15) is 18.0 Å². The Bertz CT molecular complexity index is 635. The molecule has 1 aliphatic rings. The minimum atomic E-state index is -3.94. The Kier molecular flexibility index (Phi) is 2.86. The molecule has 1 heterocycles. The number of esters is 1. The molecule has 0 fully saturated rings. The number of benzene rings is 1. The number of fused-ring (bicyclic) bond motifs is 1. The summed E-state index contributed by atoms with van der Waals surface area (Å²) in [6.07, 6.45) is 0. The number of aryl methyl sites for hydroxylation is 1. The van der Waals surface area contributed by atoms with Crippen molar-refractivity contribution in [1.82, 2.24) is 4.31 Å². The van der Waals surface area contributed by atoms with Crippen LogP contribution >= 0.6 is 0 Å². The highest BCUT2D eigenvalue weighted by atomic mass is 32.2. The Hall–Kier alpha value is -1.89. The van der Waals surface area contributed by atoms with Crippen molar-refractivity contribution in [2.24, 2.45) is 0 Å². The van der Waals surface area contributed by atoms with E-state index in [1.54, 1.807) is 13.0 Å². The van der Waals surface area contributed by atoms with Gasteiger partial charge in [0.25, 0.3) is 15.9 Å². The minimum Gasteiger partial charge on any atom is -0.468 e. The second-order valence-corrected chi connectivity index (χ2v) is 5.72. The van der Waals surface area contributed by atoms with Crippen LogP contribution in [-0.2, 0) is 19.6 Å². The predicted molar refractivity (Wildman–Crippen MR) is 61.4 cm³/mol. The van der Waals surface area contributed by atoms with Gasteiger partial charge in [0.05, 0.1) is 12.7 Å². The van der Waals surface area contributed by atoms with Gasteiger partial charge in [-0.25, -0.2) is 12.7 Å². The van der Waals surface area contributed by atoms with Crippen LogP contribution in [0.15, 0.2) is 23.1 Å². The van der Waals surface area contributed by atoms with Crippen LogP contribution in [0.4, 0.5) is 0 Å². The number of nitrogens with zero attached hydrogens (tertiary/aromatic N) is 1. The normalized spacial score (nSPS) is 16.6. The molecule has 0 N–H and O–H groups in total. The molecule has 0 spiro atoms. The molecule has 0 aromatic heterocycles. The third-order valence-corrected chi connectivity index (χ3v) is 4.43. The second kappa shape index (κ2) is 4.09. The van der Waals surface area contributed by atoms with E-state index in [1.165, 1.54) is 12.1 Å². The summed E-state index contributed by atoms with van der Waals surface area (Å²) in [5.41, 5.74) is 0.814. The summed E-state index contributed by atoms with van der Waals surface area (Å²) in [7, 11) is -2.81. The average Bonchev–Trinajstić information content (AvgIpc) is 2.50. The van der Waals surface area contributed by atoms with Crippen LogP contribution in [0.1, 0.15) is 15.9 Å². The van der Waals surface area contributed by atoms with E-state index in [0.717, 1.165) is 12.7 Å². The van der Waals surface area contributed by atoms with Crippen LogP contribution in [0.2, 0.25) is 0 Å². The van der Waals surface area contributed by atoms with E-state index in [-0.39, 0.29) is 10.5 Å². The van der Waals surface area contributed by atoms with Gasteiger partial charge in [-0.15, -0.1) is 0 Å². The van der Waals surface area contributed by atoms with Crippen LogP contribution in [-0.4, -0.2) is 38.3 Å². The van der Waals surface area contributed by atoms with Crippen LogP contribution in [0, 0.1) is 6.92 Å². The second-order valence-electron chi connectivity index (χ2n) is 3.89. The highest BCUT2D eigenvalue weighted by molar-refractivity contribution is 7.90. The monoisotopic (exact) mass is 269 g/mol. The van der Waals surface area contributed by atoms with Gasteiger partial charge >= 0.3 is 5.97 Å². The zero-order chi connectivity index (χ0) is 13.5. The summed E-state index contributed by atoms with van der Waals surface area (Å²) in [6.45, 7) is 1.12. The molecule has 1 aliphatic heterocycles. The number of methoxy groups -OCH3 is 1. The average molecular weight is 269 g/mol. The van der Waals surface area contributed by atoms with Gasteiger partial charge in [-0.1, -0.05) is 6.07 Å². The first-order valence-corrected chi connectivity index (χ1v) is 6.56. The SMILES string of the molecule is COC(=O)CN1C(=O)c2ccc(C)cc2S1(=O)=O. The van der Waals surface area contributed by atoms with E-state index >= 15 is 0 Å². The zero-order valence-electron chi connectivity index (χ0n) is 9.84. The maximum Gasteiger partial charge on any atom is 0.326 e. The summed E-state index contributed by atoms with van der Waals surface area (Å²) in [5, 5.41) is 0. The molecule has 7 heteroatoms. The largest absolute Gasteiger partial charge is 0.468 e. The molecule has 0 unspecified atom stereocenters. The van der Waals surface area contributed by atoms with Gasteiger partial charge in [0.1, 0.15) is 11.4 Å². The number of sulfonamides is 1. The van der Waals surface area contributed by atoms with Crippen molar-refractivity contribution in [3.63, 3.8) is 0 Å².